The minimum absolute atomic E-state index is 0.0137. The molecule has 17 heavy (non-hydrogen) atoms. The minimum Gasteiger partial charge on any atom is -0.376 e. The maximum Gasteiger partial charge on any atom is 0.237 e. The summed E-state index contributed by atoms with van der Waals surface area (Å²) in [6, 6.07) is -0.182. The van der Waals surface area contributed by atoms with E-state index in [4.69, 9.17) is 10.5 Å². The van der Waals surface area contributed by atoms with Crippen molar-refractivity contribution in [2.75, 3.05) is 18.6 Å². The second-order valence-electron chi connectivity index (χ2n) is 4.96. The minimum atomic E-state index is -0.372. The zero-order chi connectivity index (χ0) is 12.3. The van der Waals surface area contributed by atoms with Crippen LogP contribution in [0.3, 0.4) is 0 Å². The van der Waals surface area contributed by atoms with Crippen LogP contribution in [0, 0.1) is 5.92 Å². The molecule has 2 aliphatic rings. The lowest BCUT2D eigenvalue weighted by Gasteiger charge is -2.21. The Hall–Kier alpha value is -0.260. The van der Waals surface area contributed by atoms with E-state index in [0.717, 1.165) is 25.2 Å². The predicted molar refractivity (Wildman–Crippen MR) is 70.0 cm³/mol. The van der Waals surface area contributed by atoms with Crippen molar-refractivity contribution in [3.05, 3.63) is 0 Å². The Morgan fingerprint density at radius 3 is 2.94 bits per heavy atom. The fourth-order valence-corrected chi connectivity index (χ4v) is 2.81. The molecule has 1 heterocycles. The van der Waals surface area contributed by atoms with Crippen LogP contribution in [0.2, 0.25) is 0 Å². The van der Waals surface area contributed by atoms with Crippen LogP contribution < -0.4 is 11.1 Å². The number of hydrogen-bond donors (Lipinski definition) is 2. The smallest absolute Gasteiger partial charge is 0.237 e. The van der Waals surface area contributed by atoms with Crippen LogP contribution in [-0.2, 0) is 9.53 Å². The summed E-state index contributed by atoms with van der Waals surface area (Å²) in [5.41, 5.74) is 5.85. The largest absolute Gasteiger partial charge is 0.376 e. The van der Waals surface area contributed by atoms with E-state index < -0.39 is 0 Å². The zero-order valence-electron chi connectivity index (χ0n) is 10.4. The Morgan fingerprint density at radius 1 is 1.53 bits per heavy atom. The fourth-order valence-electron chi connectivity index (χ4n) is 2.32. The van der Waals surface area contributed by atoms with Gasteiger partial charge in [-0.25, -0.2) is 0 Å². The molecule has 0 aromatic carbocycles. The molecule has 0 bridgehead atoms. The van der Waals surface area contributed by atoms with Crippen molar-refractivity contribution in [2.45, 2.75) is 43.9 Å². The highest BCUT2D eigenvalue weighted by Gasteiger charge is 2.41. The molecular formula is C12H22N2O2S. The number of nitrogens with one attached hydrogen (secondary N) is 1. The van der Waals surface area contributed by atoms with E-state index in [1.807, 2.05) is 6.26 Å². The molecule has 0 radical (unpaired) electrons. The van der Waals surface area contributed by atoms with Gasteiger partial charge in [-0.05, 0) is 43.6 Å². The molecule has 0 spiro atoms. The molecule has 1 aliphatic heterocycles. The third-order valence-electron chi connectivity index (χ3n) is 3.52. The molecule has 0 aromatic rings. The second-order valence-corrected chi connectivity index (χ2v) is 5.95. The predicted octanol–water partition coefficient (Wildman–Crippen LogP) is 0.750. The van der Waals surface area contributed by atoms with Crippen molar-refractivity contribution in [3.8, 4) is 0 Å². The van der Waals surface area contributed by atoms with Crippen molar-refractivity contribution >= 4 is 17.7 Å². The van der Waals surface area contributed by atoms with Gasteiger partial charge in [-0.15, -0.1) is 0 Å². The van der Waals surface area contributed by atoms with Crippen molar-refractivity contribution in [3.63, 3.8) is 0 Å². The quantitative estimate of drug-likeness (QED) is 0.738. The highest BCUT2D eigenvalue weighted by atomic mass is 32.2. The summed E-state index contributed by atoms with van der Waals surface area (Å²) in [5, 5.41) is 3.06. The number of carbonyl (C=O) groups is 1. The Labute approximate surface area is 107 Å². The van der Waals surface area contributed by atoms with Crippen LogP contribution in [0.15, 0.2) is 0 Å². The summed E-state index contributed by atoms with van der Waals surface area (Å²) in [5.74, 6) is 1.59. The molecule has 3 atom stereocenters. The molecule has 2 unspecified atom stereocenters. The van der Waals surface area contributed by atoms with Crippen molar-refractivity contribution in [1.29, 1.82) is 0 Å². The molecular weight excluding hydrogens is 236 g/mol. The van der Waals surface area contributed by atoms with E-state index in [2.05, 4.69) is 5.32 Å². The number of amides is 1. The standard InChI is InChI=1S/C12H22N2O2S/c1-17-7-5-9(13)12(15)14-10-4-6-16-11(10)8-2-3-8/h8-11H,2-7,13H2,1H3,(H,14,15)/t9-,10?,11?/m0/s1. The highest BCUT2D eigenvalue weighted by Crippen LogP contribution is 2.38. The second kappa shape index (κ2) is 6.07. The first kappa shape index (κ1) is 13.2. The van der Waals surface area contributed by atoms with Gasteiger partial charge in [-0.3, -0.25) is 4.79 Å². The Kier molecular flexibility index (Phi) is 4.70. The summed E-state index contributed by atoms with van der Waals surface area (Å²) in [4.78, 5) is 11.9. The Morgan fingerprint density at radius 2 is 2.29 bits per heavy atom. The lowest BCUT2D eigenvalue weighted by molar-refractivity contribution is -0.123. The maximum atomic E-state index is 11.9. The van der Waals surface area contributed by atoms with Crippen LogP contribution in [0.4, 0.5) is 0 Å². The fraction of sp³-hybridized carbons (Fsp3) is 0.917. The van der Waals surface area contributed by atoms with Crippen LogP contribution >= 0.6 is 11.8 Å². The molecule has 1 saturated heterocycles. The molecule has 1 saturated carbocycles. The summed E-state index contributed by atoms with van der Waals surface area (Å²) in [6.45, 7) is 0.770. The molecule has 4 nitrogen and oxygen atoms in total. The number of hydrogen-bond acceptors (Lipinski definition) is 4. The average Bonchev–Trinajstić information content (AvgIpc) is 3.07. The van der Waals surface area contributed by atoms with Gasteiger partial charge in [0.25, 0.3) is 0 Å². The SMILES string of the molecule is CSCC[C@H](N)C(=O)NC1CCOC1C1CC1. The highest BCUT2D eigenvalue weighted by molar-refractivity contribution is 7.98. The van der Waals surface area contributed by atoms with E-state index in [1.165, 1.54) is 12.8 Å². The summed E-state index contributed by atoms with van der Waals surface area (Å²) in [6.07, 6.45) is 6.44. The van der Waals surface area contributed by atoms with Crippen LogP contribution in [0.1, 0.15) is 25.7 Å². The first-order valence-electron chi connectivity index (χ1n) is 6.39. The van der Waals surface area contributed by atoms with E-state index in [1.54, 1.807) is 11.8 Å². The zero-order valence-corrected chi connectivity index (χ0v) is 11.2. The molecule has 2 rings (SSSR count). The van der Waals surface area contributed by atoms with Gasteiger partial charge >= 0.3 is 0 Å². The molecule has 1 amide bonds. The van der Waals surface area contributed by atoms with Crippen molar-refractivity contribution in [1.82, 2.24) is 5.32 Å². The third kappa shape index (κ3) is 3.60. The Bertz CT molecular complexity index is 271. The molecule has 0 aromatic heterocycles. The lowest BCUT2D eigenvalue weighted by Crippen LogP contribution is -2.48. The summed E-state index contributed by atoms with van der Waals surface area (Å²) >= 11 is 1.72. The van der Waals surface area contributed by atoms with Crippen LogP contribution in [0.25, 0.3) is 0 Å². The van der Waals surface area contributed by atoms with Gasteiger partial charge in [-0.2, -0.15) is 11.8 Å². The summed E-state index contributed by atoms with van der Waals surface area (Å²) in [7, 11) is 0. The van der Waals surface area contributed by atoms with Gasteiger partial charge in [0.2, 0.25) is 5.91 Å². The third-order valence-corrected chi connectivity index (χ3v) is 4.16. The number of carbonyl (C=O) groups excluding carboxylic acids is 1. The van der Waals surface area contributed by atoms with E-state index in [0.29, 0.717) is 5.92 Å². The number of thioether (sulfide) groups is 1. The average molecular weight is 258 g/mol. The van der Waals surface area contributed by atoms with Gasteiger partial charge in [0.15, 0.2) is 0 Å². The number of nitrogens with two attached hydrogens (primary N) is 1. The topological polar surface area (TPSA) is 64.4 Å². The molecule has 5 heteroatoms. The van der Waals surface area contributed by atoms with Gasteiger partial charge < -0.3 is 15.8 Å². The molecule has 3 N–H and O–H groups in total. The molecule has 1 aliphatic carbocycles. The van der Waals surface area contributed by atoms with E-state index >= 15 is 0 Å². The first-order chi connectivity index (χ1) is 8.22. The first-order valence-corrected chi connectivity index (χ1v) is 7.78. The Balaban J connectivity index is 1.76. The lowest BCUT2D eigenvalue weighted by atomic mass is 10.1. The van der Waals surface area contributed by atoms with E-state index in [-0.39, 0.29) is 24.1 Å². The molecule has 98 valence electrons. The summed E-state index contributed by atoms with van der Waals surface area (Å²) < 4.78 is 5.69. The number of ether oxygens (including phenoxy) is 1. The van der Waals surface area contributed by atoms with Gasteiger partial charge in [0.1, 0.15) is 0 Å². The van der Waals surface area contributed by atoms with Gasteiger partial charge in [0.05, 0.1) is 18.2 Å². The van der Waals surface area contributed by atoms with E-state index in [9.17, 15) is 4.79 Å². The molecule has 2 fully saturated rings. The normalized spacial score (nSPS) is 30.2. The van der Waals surface area contributed by atoms with Crippen molar-refractivity contribution in [2.24, 2.45) is 11.7 Å². The maximum absolute atomic E-state index is 11.9. The van der Waals surface area contributed by atoms with Crippen LogP contribution in [0.5, 0.6) is 0 Å². The van der Waals surface area contributed by atoms with Gasteiger partial charge in [0, 0.05) is 6.61 Å². The number of rotatable bonds is 6. The monoisotopic (exact) mass is 258 g/mol. The van der Waals surface area contributed by atoms with Crippen molar-refractivity contribution < 1.29 is 9.53 Å². The van der Waals surface area contributed by atoms with Crippen LogP contribution in [-0.4, -0.2) is 42.7 Å². The van der Waals surface area contributed by atoms with Gasteiger partial charge in [-0.1, -0.05) is 0 Å².